The third kappa shape index (κ3) is 6.67. The smallest absolute Gasteiger partial charge is 0.125 e. The lowest BCUT2D eigenvalue weighted by atomic mass is 9.91. The van der Waals surface area contributed by atoms with E-state index >= 15 is 0 Å². The Balaban J connectivity index is 7.12. The van der Waals surface area contributed by atoms with Gasteiger partial charge < -0.3 is 0 Å². The second-order valence-electron chi connectivity index (χ2n) is 12.4. The minimum atomic E-state index is -1.76. The molecule has 0 bridgehead atoms. The van der Waals surface area contributed by atoms with Crippen LogP contribution in [0.4, 0.5) is 0 Å². The molecule has 0 N–H and O–H groups in total. The van der Waals surface area contributed by atoms with Crippen molar-refractivity contribution in [2.45, 2.75) is 144 Å². The lowest BCUT2D eigenvalue weighted by Gasteiger charge is -2.38. The monoisotopic (exact) mass is 472 g/mol. The summed E-state index contributed by atoms with van der Waals surface area (Å²) in [6.45, 7) is 38.0. The highest BCUT2D eigenvalue weighted by molar-refractivity contribution is 6.91. The zero-order valence-electron chi connectivity index (χ0n) is 24.6. The third-order valence-electron chi connectivity index (χ3n) is 8.00. The second kappa shape index (κ2) is 12.7. The van der Waals surface area contributed by atoms with E-state index < -0.39 is 16.1 Å². The molecule has 0 heterocycles. The zero-order chi connectivity index (χ0) is 25.6. The maximum atomic E-state index is 3.99. The van der Waals surface area contributed by atoms with Crippen molar-refractivity contribution in [1.82, 2.24) is 0 Å². The Morgan fingerprint density at radius 1 is 0.375 bits per heavy atom. The molecule has 0 fully saturated rings. The summed E-state index contributed by atoms with van der Waals surface area (Å²) in [5.74, 6) is 8.43. The highest BCUT2D eigenvalue weighted by Crippen LogP contribution is 2.42. The normalized spacial score (nSPS) is 14.0. The molecule has 0 unspecified atom stereocenters. The predicted octanol–water partition coefficient (Wildman–Crippen LogP) is 10.0. The summed E-state index contributed by atoms with van der Waals surface area (Å²) in [7, 11) is -3.53. The summed E-state index contributed by atoms with van der Waals surface area (Å²) >= 11 is 0. The average Bonchev–Trinajstić information content (AvgIpc) is 2.60. The standard InChI is InChI=1S/C30H56Si2/c1-21(2)29(17-19-31(23(5)6,24(7)8)25(9)10)30(22(3)4)18-20-32(26(11)12,27(13)14)28(15)16/h21-28H,1-16H3/b30-29-. The summed E-state index contributed by atoms with van der Waals surface area (Å²) in [6.07, 6.45) is 0. The number of hydrogen-bond donors (Lipinski definition) is 0. The van der Waals surface area contributed by atoms with Gasteiger partial charge in [-0.1, -0.05) is 123 Å². The van der Waals surface area contributed by atoms with Gasteiger partial charge in [0.15, 0.2) is 0 Å². The van der Waals surface area contributed by atoms with Crippen molar-refractivity contribution in [3.8, 4) is 22.9 Å². The van der Waals surface area contributed by atoms with Gasteiger partial charge in [-0.25, -0.2) is 0 Å². The molecule has 0 rings (SSSR count). The molecule has 0 radical (unpaired) electrons. The van der Waals surface area contributed by atoms with Crippen LogP contribution in [-0.2, 0) is 0 Å². The molecular formula is C30H56Si2. The van der Waals surface area contributed by atoms with Crippen LogP contribution in [0.15, 0.2) is 11.1 Å². The van der Waals surface area contributed by atoms with Crippen LogP contribution >= 0.6 is 0 Å². The Kier molecular flexibility index (Phi) is 12.4. The predicted molar refractivity (Wildman–Crippen MR) is 154 cm³/mol. The van der Waals surface area contributed by atoms with Gasteiger partial charge >= 0.3 is 0 Å². The molecule has 2 heteroatoms. The van der Waals surface area contributed by atoms with Crippen LogP contribution in [0.25, 0.3) is 0 Å². The van der Waals surface area contributed by atoms with E-state index in [1.165, 1.54) is 11.1 Å². The fourth-order valence-corrected chi connectivity index (χ4v) is 16.7. The van der Waals surface area contributed by atoms with E-state index in [4.69, 9.17) is 0 Å². The van der Waals surface area contributed by atoms with Gasteiger partial charge in [0, 0.05) is 11.1 Å². The number of rotatable bonds is 8. The van der Waals surface area contributed by atoms with Crippen molar-refractivity contribution < 1.29 is 0 Å². The molecule has 32 heavy (non-hydrogen) atoms. The molecule has 0 nitrogen and oxygen atoms in total. The molecule has 0 saturated carbocycles. The molecule has 0 spiro atoms. The van der Waals surface area contributed by atoms with Crippen LogP contribution in [0.1, 0.15) is 111 Å². The van der Waals surface area contributed by atoms with Crippen molar-refractivity contribution in [2.24, 2.45) is 11.8 Å². The third-order valence-corrected chi connectivity index (χ3v) is 20.6. The SMILES string of the molecule is CC(C)/C(C#C[Si](C(C)C)(C(C)C)C(C)C)=C(/C#C[Si](C(C)C)(C(C)C)C(C)C)C(C)C. The highest BCUT2D eigenvalue weighted by atomic mass is 28.3. The maximum absolute atomic E-state index is 3.99. The summed E-state index contributed by atoms with van der Waals surface area (Å²) in [4.78, 5) is 0. The quantitative estimate of drug-likeness (QED) is 0.243. The largest absolute Gasteiger partial charge is 0.146 e. The average molecular weight is 473 g/mol. The molecule has 184 valence electrons. The van der Waals surface area contributed by atoms with Crippen molar-refractivity contribution in [1.29, 1.82) is 0 Å². The molecule has 0 aliphatic heterocycles. The van der Waals surface area contributed by atoms with Crippen molar-refractivity contribution in [3.05, 3.63) is 11.1 Å². The van der Waals surface area contributed by atoms with E-state index in [1.807, 2.05) is 0 Å². The fraction of sp³-hybridized carbons (Fsp3) is 0.800. The molecule has 0 aromatic rings. The summed E-state index contributed by atoms with van der Waals surface area (Å²) in [5, 5.41) is 0. The molecule has 0 atom stereocenters. The fourth-order valence-electron chi connectivity index (χ4n) is 6.26. The molecular weight excluding hydrogens is 417 g/mol. The highest BCUT2D eigenvalue weighted by Gasteiger charge is 2.42. The Morgan fingerprint density at radius 3 is 0.688 bits per heavy atom. The van der Waals surface area contributed by atoms with Crippen LogP contribution in [-0.4, -0.2) is 16.1 Å². The van der Waals surface area contributed by atoms with Gasteiger partial charge in [-0.3, -0.25) is 0 Å². The van der Waals surface area contributed by atoms with E-state index in [9.17, 15) is 0 Å². The van der Waals surface area contributed by atoms with E-state index in [2.05, 4.69) is 134 Å². The van der Waals surface area contributed by atoms with Crippen molar-refractivity contribution in [2.75, 3.05) is 0 Å². The first-order valence-corrected chi connectivity index (χ1v) is 17.8. The van der Waals surface area contributed by atoms with Crippen LogP contribution in [0.5, 0.6) is 0 Å². The molecule has 0 aliphatic carbocycles. The van der Waals surface area contributed by atoms with Gasteiger partial charge in [0.1, 0.15) is 16.1 Å². The van der Waals surface area contributed by atoms with Crippen LogP contribution < -0.4 is 0 Å². The first kappa shape index (κ1) is 31.3. The second-order valence-corrected chi connectivity index (χ2v) is 23.6. The van der Waals surface area contributed by atoms with Crippen LogP contribution in [0.3, 0.4) is 0 Å². The Morgan fingerprint density at radius 2 is 0.562 bits per heavy atom. The Hall–Kier alpha value is -0.706. The minimum Gasteiger partial charge on any atom is -0.125 e. The first-order valence-electron chi connectivity index (χ1n) is 13.3. The first-order chi connectivity index (χ1) is 14.5. The van der Waals surface area contributed by atoms with Crippen LogP contribution in [0, 0.1) is 34.8 Å². The lowest BCUT2D eigenvalue weighted by Crippen LogP contribution is -2.43. The van der Waals surface area contributed by atoms with Gasteiger partial charge in [0.2, 0.25) is 0 Å². The van der Waals surface area contributed by atoms with E-state index in [0.717, 1.165) is 0 Å². The van der Waals surface area contributed by atoms with E-state index in [0.29, 0.717) is 45.1 Å². The van der Waals surface area contributed by atoms with E-state index in [-0.39, 0.29) is 0 Å². The molecule has 0 aromatic heterocycles. The summed E-state index contributed by atoms with van der Waals surface area (Å²) < 4.78 is 0. The van der Waals surface area contributed by atoms with Crippen LogP contribution in [0.2, 0.25) is 33.2 Å². The van der Waals surface area contributed by atoms with Gasteiger partial charge in [-0.2, -0.15) is 0 Å². The van der Waals surface area contributed by atoms with E-state index in [1.54, 1.807) is 0 Å². The number of hydrogen-bond acceptors (Lipinski definition) is 0. The summed E-state index contributed by atoms with van der Waals surface area (Å²) in [6, 6.07) is 0. The minimum absolute atomic E-state index is 0.403. The van der Waals surface area contributed by atoms with Crippen molar-refractivity contribution in [3.63, 3.8) is 0 Å². The van der Waals surface area contributed by atoms with Gasteiger partial charge in [0.25, 0.3) is 0 Å². The molecule has 0 aliphatic rings. The Bertz CT molecular complexity index is 630. The molecule has 0 saturated heterocycles. The molecule has 0 aromatic carbocycles. The Labute approximate surface area is 205 Å². The van der Waals surface area contributed by atoms with Gasteiger partial charge in [-0.15, -0.1) is 11.1 Å². The number of allylic oxidation sites excluding steroid dienone is 2. The van der Waals surface area contributed by atoms with Gasteiger partial charge in [0.05, 0.1) is 0 Å². The zero-order valence-corrected chi connectivity index (χ0v) is 26.6. The topological polar surface area (TPSA) is 0 Å². The molecule has 0 amide bonds. The van der Waals surface area contributed by atoms with Gasteiger partial charge in [-0.05, 0) is 45.1 Å². The maximum Gasteiger partial charge on any atom is 0.146 e. The lowest BCUT2D eigenvalue weighted by molar-refractivity contribution is 0.732. The summed E-state index contributed by atoms with van der Waals surface area (Å²) in [5.41, 5.74) is 14.5. The van der Waals surface area contributed by atoms with Crippen molar-refractivity contribution >= 4 is 16.1 Å².